The van der Waals surface area contributed by atoms with E-state index in [9.17, 15) is 0 Å². The van der Waals surface area contributed by atoms with E-state index in [4.69, 9.17) is 21.3 Å². The topological polar surface area (TPSA) is 22.1 Å². The average molecular weight is 364 g/mol. The first-order chi connectivity index (χ1) is 10.9. The van der Waals surface area contributed by atoms with Gasteiger partial charge in [-0.2, -0.15) is 0 Å². The molecule has 0 saturated carbocycles. The lowest BCUT2D eigenvalue weighted by molar-refractivity contribution is 0.307. The smallest absolute Gasteiger partial charge is 0.134 e. The molecular weight excluding hydrogens is 346 g/mol. The van der Waals surface area contributed by atoms with Gasteiger partial charge in [0.15, 0.2) is 0 Å². The van der Waals surface area contributed by atoms with Crippen molar-refractivity contribution in [3.63, 3.8) is 0 Å². The number of aromatic nitrogens is 1. The van der Waals surface area contributed by atoms with E-state index in [1.165, 1.54) is 10.4 Å². The molecule has 120 valence electrons. The fraction of sp³-hybridized carbons (Fsp3) is 0.278. The largest absolute Gasteiger partial charge is 0.489 e. The Kier molecular flexibility index (Phi) is 4.76. The summed E-state index contributed by atoms with van der Waals surface area (Å²) in [5.41, 5.74) is 2.38. The lowest BCUT2D eigenvalue weighted by atomic mass is 9.93. The molecule has 0 amide bonds. The molecule has 0 fully saturated rings. The molecule has 0 radical (unpaired) electrons. The highest BCUT2D eigenvalue weighted by Crippen LogP contribution is 2.35. The molecule has 1 aromatic carbocycles. The molecule has 5 heteroatoms. The third-order valence-electron chi connectivity index (χ3n) is 3.42. The molecule has 0 spiro atoms. The van der Waals surface area contributed by atoms with Crippen LogP contribution in [0.25, 0.3) is 9.88 Å². The minimum absolute atomic E-state index is 0.0754. The highest BCUT2D eigenvalue weighted by atomic mass is 35.5. The molecule has 0 atom stereocenters. The summed E-state index contributed by atoms with van der Waals surface area (Å²) in [5.74, 6) is 0.820. The molecule has 0 aliphatic rings. The van der Waals surface area contributed by atoms with Crippen molar-refractivity contribution < 1.29 is 4.74 Å². The maximum Gasteiger partial charge on any atom is 0.134 e. The molecule has 2 nitrogen and oxygen atoms in total. The van der Waals surface area contributed by atoms with Crippen LogP contribution < -0.4 is 4.74 Å². The lowest BCUT2D eigenvalue weighted by Crippen LogP contribution is -2.11. The van der Waals surface area contributed by atoms with Crippen LogP contribution in [-0.2, 0) is 12.0 Å². The van der Waals surface area contributed by atoms with E-state index in [1.807, 2.05) is 24.3 Å². The van der Waals surface area contributed by atoms with E-state index in [0.29, 0.717) is 11.6 Å². The molecular formula is C18H18ClNOS2. The van der Waals surface area contributed by atoms with E-state index in [0.717, 1.165) is 16.5 Å². The average Bonchev–Trinajstić information content (AvgIpc) is 3.14. The zero-order chi connectivity index (χ0) is 16.4. The van der Waals surface area contributed by atoms with Gasteiger partial charge in [-0.1, -0.05) is 32.4 Å². The van der Waals surface area contributed by atoms with Crippen LogP contribution in [0.3, 0.4) is 0 Å². The Bertz CT molecular complexity index is 784. The first kappa shape index (κ1) is 16.5. The molecule has 0 N–H and O–H groups in total. The van der Waals surface area contributed by atoms with Crippen LogP contribution >= 0.6 is 34.3 Å². The Balaban J connectivity index is 1.77. The molecule has 0 aliphatic heterocycles. The summed E-state index contributed by atoms with van der Waals surface area (Å²) < 4.78 is 5.87. The zero-order valence-electron chi connectivity index (χ0n) is 13.3. The van der Waals surface area contributed by atoms with Crippen molar-refractivity contribution in [3.8, 4) is 15.6 Å². The summed E-state index contributed by atoms with van der Waals surface area (Å²) in [5, 5.41) is 6.03. The van der Waals surface area contributed by atoms with Crippen LogP contribution in [0, 0.1) is 0 Å². The predicted octanol–water partition coefficient (Wildman–Crippen LogP) is 6.40. The highest BCUT2D eigenvalue weighted by Gasteiger charge is 2.19. The molecule has 23 heavy (non-hydrogen) atoms. The predicted molar refractivity (Wildman–Crippen MR) is 99.9 cm³/mol. The van der Waals surface area contributed by atoms with Crippen LogP contribution in [0.2, 0.25) is 5.02 Å². The second kappa shape index (κ2) is 6.63. The van der Waals surface area contributed by atoms with Gasteiger partial charge in [0.2, 0.25) is 0 Å². The summed E-state index contributed by atoms with van der Waals surface area (Å²) in [6.07, 6.45) is 0. The van der Waals surface area contributed by atoms with Crippen LogP contribution in [0.5, 0.6) is 5.75 Å². The van der Waals surface area contributed by atoms with Gasteiger partial charge in [-0.15, -0.1) is 22.7 Å². The Labute approximate surface area is 149 Å². The molecule has 0 aliphatic carbocycles. The van der Waals surface area contributed by atoms with E-state index in [-0.39, 0.29) is 5.41 Å². The number of thiazole rings is 1. The number of hydrogen-bond acceptors (Lipinski definition) is 4. The number of thiophene rings is 1. The van der Waals surface area contributed by atoms with Gasteiger partial charge in [-0.25, -0.2) is 4.98 Å². The van der Waals surface area contributed by atoms with Crippen LogP contribution in [-0.4, -0.2) is 4.98 Å². The first-order valence-electron chi connectivity index (χ1n) is 7.34. The monoisotopic (exact) mass is 363 g/mol. The number of nitrogens with zero attached hydrogens (tertiary/aromatic N) is 1. The maximum atomic E-state index is 5.89. The summed E-state index contributed by atoms with van der Waals surface area (Å²) in [4.78, 5) is 6.00. The second-order valence-electron chi connectivity index (χ2n) is 6.31. The number of hydrogen-bond donors (Lipinski definition) is 0. The van der Waals surface area contributed by atoms with Crippen molar-refractivity contribution in [3.05, 3.63) is 57.4 Å². The van der Waals surface area contributed by atoms with Crippen LogP contribution in [0.4, 0.5) is 0 Å². The third kappa shape index (κ3) is 3.94. The zero-order valence-corrected chi connectivity index (χ0v) is 15.7. The number of benzene rings is 1. The molecule has 3 aromatic rings. The van der Waals surface area contributed by atoms with Gasteiger partial charge >= 0.3 is 0 Å². The molecule has 2 heterocycles. The minimum atomic E-state index is 0.0754. The first-order valence-corrected chi connectivity index (χ1v) is 9.48. The Morgan fingerprint density at radius 3 is 2.48 bits per heavy atom. The van der Waals surface area contributed by atoms with E-state index >= 15 is 0 Å². The Hall–Kier alpha value is -1.36. The second-order valence-corrected chi connectivity index (χ2v) is 8.52. The van der Waals surface area contributed by atoms with Gasteiger partial charge in [0, 0.05) is 21.4 Å². The van der Waals surface area contributed by atoms with Gasteiger partial charge in [-0.05, 0) is 35.7 Å². The van der Waals surface area contributed by atoms with E-state index in [1.54, 1.807) is 22.7 Å². The number of halogens is 1. The van der Waals surface area contributed by atoms with Crippen molar-refractivity contribution in [2.24, 2.45) is 0 Å². The van der Waals surface area contributed by atoms with Gasteiger partial charge in [0.1, 0.15) is 17.4 Å². The summed E-state index contributed by atoms with van der Waals surface area (Å²) in [6.45, 7) is 7.09. The van der Waals surface area contributed by atoms with Crippen LogP contribution in [0.15, 0.2) is 41.1 Å². The minimum Gasteiger partial charge on any atom is -0.489 e. The number of ether oxygens (including phenoxy) is 1. The highest BCUT2D eigenvalue weighted by molar-refractivity contribution is 7.20. The molecule has 3 rings (SSSR count). The summed E-state index contributed by atoms with van der Waals surface area (Å²) in [7, 11) is 0. The van der Waals surface area contributed by atoms with Crippen LogP contribution in [0.1, 0.15) is 32.0 Å². The van der Waals surface area contributed by atoms with Gasteiger partial charge in [0.25, 0.3) is 0 Å². The standard InChI is InChI=1S/C18H18ClNOS2/c1-18(2,3)15-11-23-17(20-15)16-12(8-9-22-16)10-21-14-6-4-13(19)5-7-14/h4-9,11H,10H2,1-3H3. The maximum absolute atomic E-state index is 5.89. The number of rotatable bonds is 4. The summed E-state index contributed by atoms with van der Waals surface area (Å²) >= 11 is 9.30. The SMILES string of the molecule is CC(C)(C)c1csc(-c2sccc2COc2ccc(Cl)cc2)n1. The van der Waals surface area contributed by atoms with E-state index in [2.05, 4.69) is 37.6 Å². The normalized spacial score (nSPS) is 11.7. The molecule has 0 unspecified atom stereocenters. The fourth-order valence-corrected chi connectivity index (χ4v) is 4.28. The molecule has 2 aromatic heterocycles. The van der Waals surface area contributed by atoms with E-state index < -0.39 is 0 Å². The van der Waals surface area contributed by atoms with Gasteiger partial charge in [0.05, 0.1) is 10.6 Å². The van der Waals surface area contributed by atoms with Crippen molar-refractivity contribution in [2.45, 2.75) is 32.8 Å². The summed E-state index contributed by atoms with van der Waals surface area (Å²) in [6, 6.07) is 9.54. The van der Waals surface area contributed by atoms with Crippen molar-refractivity contribution in [1.82, 2.24) is 4.98 Å². The van der Waals surface area contributed by atoms with Gasteiger partial charge < -0.3 is 4.74 Å². The Morgan fingerprint density at radius 1 is 1.09 bits per heavy atom. The lowest BCUT2D eigenvalue weighted by Gasteiger charge is -2.14. The Morgan fingerprint density at radius 2 is 1.83 bits per heavy atom. The molecule has 0 bridgehead atoms. The van der Waals surface area contributed by atoms with Gasteiger partial charge in [-0.3, -0.25) is 0 Å². The fourth-order valence-electron chi connectivity index (χ4n) is 2.05. The molecule has 0 saturated heterocycles. The van der Waals surface area contributed by atoms with Crippen molar-refractivity contribution >= 4 is 34.3 Å². The quantitative estimate of drug-likeness (QED) is 0.534. The third-order valence-corrected chi connectivity index (χ3v) is 5.63. The van der Waals surface area contributed by atoms with Crippen molar-refractivity contribution in [1.29, 1.82) is 0 Å². The van der Waals surface area contributed by atoms with Crippen molar-refractivity contribution in [2.75, 3.05) is 0 Å².